The first-order valence-corrected chi connectivity index (χ1v) is 9.86. The summed E-state index contributed by atoms with van der Waals surface area (Å²) < 4.78 is 5.12. The van der Waals surface area contributed by atoms with Gasteiger partial charge in [0.25, 0.3) is 5.91 Å². The van der Waals surface area contributed by atoms with Crippen LogP contribution in [0.4, 0.5) is 5.69 Å². The van der Waals surface area contributed by atoms with Crippen LogP contribution in [0.15, 0.2) is 42.5 Å². The lowest BCUT2D eigenvalue weighted by Gasteiger charge is -2.24. The Morgan fingerprint density at radius 1 is 1.00 bits per heavy atom. The first-order chi connectivity index (χ1) is 13.5. The van der Waals surface area contributed by atoms with Gasteiger partial charge in [0.1, 0.15) is 11.8 Å². The van der Waals surface area contributed by atoms with Crippen molar-refractivity contribution in [3.8, 4) is 5.75 Å². The number of rotatable bonds is 6. The number of amides is 2. The quantitative estimate of drug-likeness (QED) is 0.797. The third-order valence-electron chi connectivity index (χ3n) is 5.24. The van der Waals surface area contributed by atoms with Crippen LogP contribution in [0.2, 0.25) is 0 Å². The molecule has 0 fully saturated rings. The summed E-state index contributed by atoms with van der Waals surface area (Å²) in [6, 6.07) is 12.3. The van der Waals surface area contributed by atoms with Crippen molar-refractivity contribution < 1.29 is 14.3 Å². The van der Waals surface area contributed by atoms with Crippen molar-refractivity contribution >= 4 is 17.5 Å². The summed E-state index contributed by atoms with van der Waals surface area (Å²) in [5, 5.41) is 5.93. The van der Waals surface area contributed by atoms with Crippen molar-refractivity contribution in [1.29, 1.82) is 0 Å². The molecule has 5 heteroatoms. The summed E-state index contributed by atoms with van der Waals surface area (Å²) in [5.41, 5.74) is 3.90. The number of carbonyl (C=O) groups excluding carboxylic acids is 2. The molecule has 2 aromatic rings. The molecule has 0 saturated heterocycles. The van der Waals surface area contributed by atoms with Gasteiger partial charge in [0.05, 0.1) is 7.11 Å². The topological polar surface area (TPSA) is 67.4 Å². The summed E-state index contributed by atoms with van der Waals surface area (Å²) >= 11 is 0. The molecule has 0 bridgehead atoms. The second-order valence-electron chi connectivity index (χ2n) is 7.56. The minimum Gasteiger partial charge on any atom is -0.497 e. The van der Waals surface area contributed by atoms with E-state index in [2.05, 4.69) is 16.7 Å². The number of carbonyl (C=O) groups is 2. The lowest BCUT2D eigenvalue weighted by atomic mass is 9.90. The van der Waals surface area contributed by atoms with Crippen LogP contribution in [0, 0.1) is 5.92 Å². The molecule has 2 amide bonds. The van der Waals surface area contributed by atoms with Gasteiger partial charge in [-0.25, -0.2) is 0 Å². The summed E-state index contributed by atoms with van der Waals surface area (Å²) in [5.74, 6) is 0.188. The molecular weight excluding hydrogens is 352 g/mol. The van der Waals surface area contributed by atoms with Crippen molar-refractivity contribution in [2.45, 2.75) is 45.6 Å². The van der Waals surface area contributed by atoms with Gasteiger partial charge in [0.15, 0.2) is 0 Å². The number of hydrogen-bond acceptors (Lipinski definition) is 3. The molecule has 0 saturated carbocycles. The molecule has 5 nitrogen and oxygen atoms in total. The average molecular weight is 380 g/mol. The van der Waals surface area contributed by atoms with Crippen LogP contribution in [-0.2, 0) is 17.6 Å². The molecule has 1 atom stereocenters. The first-order valence-electron chi connectivity index (χ1n) is 9.86. The van der Waals surface area contributed by atoms with E-state index in [1.165, 1.54) is 17.5 Å². The van der Waals surface area contributed by atoms with Crippen LogP contribution >= 0.6 is 0 Å². The molecule has 1 aliphatic carbocycles. The van der Waals surface area contributed by atoms with Crippen LogP contribution in [0.25, 0.3) is 0 Å². The molecule has 28 heavy (non-hydrogen) atoms. The van der Waals surface area contributed by atoms with Crippen molar-refractivity contribution in [2.24, 2.45) is 5.92 Å². The number of anilines is 1. The van der Waals surface area contributed by atoms with Crippen LogP contribution in [0.3, 0.4) is 0 Å². The summed E-state index contributed by atoms with van der Waals surface area (Å²) in [7, 11) is 1.58. The van der Waals surface area contributed by atoms with E-state index in [0.29, 0.717) is 11.3 Å². The molecule has 1 unspecified atom stereocenters. The summed E-state index contributed by atoms with van der Waals surface area (Å²) in [4.78, 5) is 25.6. The monoisotopic (exact) mass is 380 g/mol. The minimum atomic E-state index is -0.617. The minimum absolute atomic E-state index is 0.0401. The van der Waals surface area contributed by atoms with E-state index in [9.17, 15) is 9.59 Å². The van der Waals surface area contributed by atoms with E-state index in [4.69, 9.17) is 4.74 Å². The molecular formula is C23H28N2O3. The fourth-order valence-corrected chi connectivity index (χ4v) is 3.61. The zero-order chi connectivity index (χ0) is 20.1. The maximum atomic E-state index is 13.0. The van der Waals surface area contributed by atoms with Crippen LogP contribution < -0.4 is 15.4 Å². The highest BCUT2D eigenvalue weighted by Crippen LogP contribution is 2.28. The Morgan fingerprint density at radius 2 is 1.71 bits per heavy atom. The Bertz CT molecular complexity index is 843. The van der Waals surface area contributed by atoms with Gasteiger partial charge in [-0.1, -0.05) is 26.0 Å². The molecule has 1 aliphatic rings. The second kappa shape index (κ2) is 8.91. The third kappa shape index (κ3) is 4.53. The van der Waals surface area contributed by atoms with Crippen molar-refractivity contribution in [3.05, 3.63) is 59.2 Å². The number of nitrogens with one attached hydrogen (secondary N) is 2. The van der Waals surface area contributed by atoms with E-state index in [0.717, 1.165) is 24.9 Å². The van der Waals surface area contributed by atoms with Gasteiger partial charge in [-0.3, -0.25) is 9.59 Å². The predicted molar refractivity (Wildman–Crippen MR) is 111 cm³/mol. The van der Waals surface area contributed by atoms with Crippen LogP contribution in [0.5, 0.6) is 5.75 Å². The first kappa shape index (κ1) is 19.9. The maximum absolute atomic E-state index is 13.0. The molecule has 3 rings (SSSR count). The predicted octanol–water partition coefficient (Wildman–Crippen LogP) is 3.97. The molecule has 0 radical (unpaired) electrons. The Hall–Kier alpha value is -2.82. The second-order valence-corrected chi connectivity index (χ2v) is 7.56. The van der Waals surface area contributed by atoms with Gasteiger partial charge >= 0.3 is 0 Å². The van der Waals surface area contributed by atoms with E-state index < -0.39 is 6.04 Å². The fraction of sp³-hybridized carbons (Fsp3) is 0.391. The SMILES string of the molecule is COc1ccc(C(=O)NC(C(=O)Nc2cccc3c2CCCC3)C(C)C)cc1. The zero-order valence-corrected chi connectivity index (χ0v) is 16.7. The normalized spacial score (nSPS) is 14.1. The maximum Gasteiger partial charge on any atom is 0.251 e. The smallest absolute Gasteiger partial charge is 0.251 e. The molecule has 148 valence electrons. The van der Waals surface area contributed by atoms with E-state index in [1.807, 2.05) is 26.0 Å². The van der Waals surface area contributed by atoms with Gasteiger partial charge in [0.2, 0.25) is 5.91 Å². The number of fused-ring (bicyclic) bond motifs is 1. The number of benzene rings is 2. The largest absolute Gasteiger partial charge is 0.497 e. The van der Waals surface area contributed by atoms with Gasteiger partial charge in [-0.2, -0.15) is 0 Å². The Morgan fingerprint density at radius 3 is 2.39 bits per heavy atom. The molecule has 0 aliphatic heterocycles. The van der Waals surface area contributed by atoms with Gasteiger partial charge in [-0.15, -0.1) is 0 Å². The van der Waals surface area contributed by atoms with Crippen LogP contribution in [-0.4, -0.2) is 25.0 Å². The number of ether oxygens (including phenoxy) is 1. The Labute approximate surface area is 166 Å². The summed E-state index contributed by atoms with van der Waals surface area (Å²) in [6.07, 6.45) is 4.37. The summed E-state index contributed by atoms with van der Waals surface area (Å²) in [6.45, 7) is 3.86. The average Bonchev–Trinajstić information content (AvgIpc) is 2.71. The van der Waals surface area contributed by atoms with Gasteiger partial charge in [0, 0.05) is 11.3 Å². The molecule has 2 aromatic carbocycles. The zero-order valence-electron chi connectivity index (χ0n) is 16.7. The third-order valence-corrected chi connectivity index (χ3v) is 5.24. The molecule has 0 heterocycles. The lowest BCUT2D eigenvalue weighted by molar-refractivity contribution is -0.118. The van der Waals surface area contributed by atoms with E-state index in [1.54, 1.807) is 31.4 Å². The van der Waals surface area contributed by atoms with Crippen molar-refractivity contribution in [3.63, 3.8) is 0 Å². The van der Waals surface area contributed by atoms with E-state index >= 15 is 0 Å². The molecule has 0 aromatic heterocycles. The highest BCUT2D eigenvalue weighted by molar-refractivity contribution is 6.01. The van der Waals surface area contributed by atoms with Gasteiger partial charge < -0.3 is 15.4 Å². The van der Waals surface area contributed by atoms with Crippen molar-refractivity contribution in [1.82, 2.24) is 5.32 Å². The highest BCUT2D eigenvalue weighted by atomic mass is 16.5. The number of hydrogen-bond donors (Lipinski definition) is 2. The number of methoxy groups -OCH3 is 1. The lowest BCUT2D eigenvalue weighted by Crippen LogP contribution is -2.47. The molecule has 2 N–H and O–H groups in total. The number of aryl methyl sites for hydroxylation is 1. The van der Waals surface area contributed by atoms with Crippen LogP contribution in [0.1, 0.15) is 48.2 Å². The van der Waals surface area contributed by atoms with E-state index in [-0.39, 0.29) is 17.7 Å². The Kier molecular flexibility index (Phi) is 6.34. The Balaban J connectivity index is 1.73. The van der Waals surface area contributed by atoms with Gasteiger partial charge in [-0.05, 0) is 73.1 Å². The fourth-order valence-electron chi connectivity index (χ4n) is 3.61. The molecule has 0 spiro atoms. The standard InChI is InChI=1S/C23H28N2O3/c1-15(2)21(25-22(26)17-11-13-18(28-3)14-12-17)23(27)24-20-10-6-8-16-7-4-5-9-19(16)20/h6,8,10-15,21H,4-5,7,9H2,1-3H3,(H,24,27)(H,25,26). The van der Waals surface area contributed by atoms with Crippen molar-refractivity contribution in [2.75, 3.05) is 12.4 Å². The highest BCUT2D eigenvalue weighted by Gasteiger charge is 2.26.